The molecule has 0 aliphatic carbocycles. The van der Waals surface area contributed by atoms with Crippen LogP contribution in [0.4, 0.5) is 0 Å². The quantitative estimate of drug-likeness (QED) is 0.837. The van der Waals surface area contributed by atoms with Crippen LogP contribution in [0.5, 0.6) is 0 Å². The third-order valence-electron chi connectivity index (χ3n) is 2.61. The third kappa shape index (κ3) is 3.52. The van der Waals surface area contributed by atoms with Crippen molar-refractivity contribution in [1.29, 1.82) is 0 Å². The molecule has 2 atom stereocenters. The van der Waals surface area contributed by atoms with Gasteiger partial charge in [-0.2, -0.15) is 0 Å². The average Bonchev–Trinajstić information content (AvgIpc) is 2.24. The molecular weight excluding hydrogens is 231 g/mol. The minimum atomic E-state index is -0.348. The fraction of sp³-hybridized carbons (Fsp3) is 0.462. The van der Waals surface area contributed by atoms with Crippen molar-refractivity contribution in [3.8, 4) is 0 Å². The van der Waals surface area contributed by atoms with E-state index in [1.165, 1.54) is 0 Å². The van der Waals surface area contributed by atoms with Gasteiger partial charge in [0, 0.05) is 5.54 Å². The van der Waals surface area contributed by atoms with Gasteiger partial charge in [0.05, 0.1) is 0 Å². The number of nitrogens with zero attached hydrogens (tertiary/aromatic N) is 1. The molecule has 0 saturated heterocycles. The largest absolute Gasteiger partial charge is 0.368 e. The zero-order valence-corrected chi connectivity index (χ0v) is 11.9. The molecule has 1 rings (SSSR count). The summed E-state index contributed by atoms with van der Waals surface area (Å²) >= 11 is 0. The second kappa shape index (κ2) is 5.61. The number of carbonyl (C=O) groups is 1. The molecule has 1 amide bonds. The first kappa shape index (κ1) is 14.1. The van der Waals surface area contributed by atoms with Crippen molar-refractivity contribution in [3.63, 3.8) is 0 Å². The van der Waals surface area contributed by atoms with Crippen molar-refractivity contribution < 1.29 is 4.79 Å². The first-order valence-electron chi connectivity index (χ1n) is 5.69. The molecular formula is C13H21N2OP. The number of hydrogen-bond acceptors (Lipinski definition) is 2. The van der Waals surface area contributed by atoms with Crippen LogP contribution in [-0.2, 0) is 4.79 Å². The Morgan fingerprint density at radius 3 is 2.18 bits per heavy atom. The van der Waals surface area contributed by atoms with E-state index in [0.29, 0.717) is 8.73 Å². The van der Waals surface area contributed by atoms with E-state index >= 15 is 0 Å². The molecule has 0 bridgehead atoms. The van der Waals surface area contributed by atoms with Crippen LogP contribution in [0.2, 0.25) is 0 Å². The molecule has 0 radical (unpaired) electrons. The maximum atomic E-state index is 11.7. The number of carbonyl (C=O) groups excluding carboxylic acids is 1. The highest BCUT2D eigenvalue weighted by atomic mass is 31.1. The van der Waals surface area contributed by atoms with Gasteiger partial charge in [-0.15, -0.1) is 0 Å². The van der Waals surface area contributed by atoms with Crippen molar-refractivity contribution in [1.82, 2.24) is 4.67 Å². The van der Waals surface area contributed by atoms with Gasteiger partial charge in [0.1, 0.15) is 6.04 Å². The molecule has 0 aliphatic heterocycles. The average molecular weight is 252 g/mol. The molecule has 0 saturated carbocycles. The zero-order valence-electron chi connectivity index (χ0n) is 10.9. The summed E-state index contributed by atoms with van der Waals surface area (Å²) in [7, 11) is 0.531. The summed E-state index contributed by atoms with van der Waals surface area (Å²) in [6.45, 7) is 8.37. The minimum absolute atomic E-state index is 0.0806. The molecule has 94 valence electrons. The predicted octanol–water partition coefficient (Wildman–Crippen LogP) is 2.54. The van der Waals surface area contributed by atoms with Crippen molar-refractivity contribution in [3.05, 3.63) is 35.9 Å². The Hall–Kier alpha value is -0.920. The lowest BCUT2D eigenvalue weighted by Crippen LogP contribution is -2.43. The van der Waals surface area contributed by atoms with Gasteiger partial charge in [-0.25, -0.2) is 0 Å². The third-order valence-corrected chi connectivity index (χ3v) is 4.02. The van der Waals surface area contributed by atoms with E-state index in [4.69, 9.17) is 5.73 Å². The highest BCUT2D eigenvalue weighted by Crippen LogP contribution is 2.36. The molecule has 0 aliphatic rings. The summed E-state index contributed by atoms with van der Waals surface area (Å²) in [5, 5.41) is 0. The Balaban J connectivity index is 3.14. The minimum Gasteiger partial charge on any atom is -0.368 e. The number of hydrogen-bond donors (Lipinski definition) is 1. The monoisotopic (exact) mass is 252 g/mol. The van der Waals surface area contributed by atoms with Crippen molar-refractivity contribution in [2.75, 3.05) is 6.66 Å². The number of benzene rings is 1. The van der Waals surface area contributed by atoms with Crippen molar-refractivity contribution in [2.45, 2.75) is 32.4 Å². The molecule has 3 nitrogen and oxygen atoms in total. The van der Waals surface area contributed by atoms with E-state index in [1.807, 2.05) is 30.3 Å². The summed E-state index contributed by atoms with van der Waals surface area (Å²) in [6.07, 6.45) is 0. The molecule has 0 heterocycles. The van der Waals surface area contributed by atoms with E-state index < -0.39 is 0 Å². The second-order valence-corrected chi connectivity index (χ2v) is 5.91. The molecule has 17 heavy (non-hydrogen) atoms. The summed E-state index contributed by atoms with van der Waals surface area (Å²) < 4.78 is 2.14. The van der Waals surface area contributed by atoms with Gasteiger partial charge in [-0.1, -0.05) is 39.1 Å². The van der Waals surface area contributed by atoms with E-state index in [-0.39, 0.29) is 17.5 Å². The number of nitrogens with two attached hydrogens (primary N) is 1. The molecule has 1 aromatic rings. The molecule has 1 unspecified atom stereocenters. The van der Waals surface area contributed by atoms with Crippen LogP contribution >= 0.6 is 8.73 Å². The van der Waals surface area contributed by atoms with Gasteiger partial charge >= 0.3 is 0 Å². The van der Waals surface area contributed by atoms with Gasteiger partial charge in [0.2, 0.25) is 5.91 Å². The number of amides is 1. The SMILES string of the molecule is CPN([C@@H](C(N)=O)c1ccccc1)C(C)(C)C. The second-order valence-electron chi connectivity index (χ2n) is 4.98. The predicted molar refractivity (Wildman–Crippen MR) is 74.2 cm³/mol. The summed E-state index contributed by atoms with van der Waals surface area (Å²) in [6, 6.07) is 9.37. The lowest BCUT2D eigenvalue weighted by atomic mass is 10.0. The maximum Gasteiger partial charge on any atom is 0.239 e. The molecule has 2 N–H and O–H groups in total. The summed E-state index contributed by atoms with van der Waals surface area (Å²) in [5.74, 6) is -0.291. The Morgan fingerprint density at radius 1 is 1.29 bits per heavy atom. The number of primary amides is 1. The van der Waals surface area contributed by atoms with Gasteiger partial charge < -0.3 is 5.73 Å². The molecule has 4 heteroatoms. The fourth-order valence-corrected chi connectivity index (χ4v) is 3.13. The highest BCUT2D eigenvalue weighted by molar-refractivity contribution is 7.34. The van der Waals surface area contributed by atoms with Gasteiger partial charge in [0.25, 0.3) is 0 Å². The maximum absolute atomic E-state index is 11.7. The lowest BCUT2D eigenvalue weighted by Gasteiger charge is -2.39. The van der Waals surface area contributed by atoms with Gasteiger partial charge in [0.15, 0.2) is 0 Å². The van der Waals surface area contributed by atoms with Crippen LogP contribution in [0.25, 0.3) is 0 Å². The van der Waals surface area contributed by atoms with Crippen LogP contribution in [0.3, 0.4) is 0 Å². The molecule has 0 spiro atoms. The summed E-state index contributed by atoms with van der Waals surface area (Å²) in [5.41, 5.74) is 6.45. The Kier molecular flexibility index (Phi) is 4.67. The van der Waals surface area contributed by atoms with Crippen LogP contribution in [0, 0.1) is 0 Å². The fourth-order valence-electron chi connectivity index (χ4n) is 1.93. The van der Waals surface area contributed by atoms with E-state index in [9.17, 15) is 4.79 Å². The van der Waals surface area contributed by atoms with E-state index in [2.05, 4.69) is 32.1 Å². The first-order chi connectivity index (χ1) is 7.88. The summed E-state index contributed by atoms with van der Waals surface area (Å²) in [4.78, 5) is 11.7. The van der Waals surface area contributed by atoms with Crippen LogP contribution in [-0.4, -0.2) is 22.8 Å². The molecule has 0 fully saturated rings. The van der Waals surface area contributed by atoms with E-state index in [0.717, 1.165) is 5.56 Å². The van der Waals surface area contributed by atoms with E-state index in [1.54, 1.807) is 0 Å². The van der Waals surface area contributed by atoms with Crippen molar-refractivity contribution in [2.24, 2.45) is 5.73 Å². The van der Waals surface area contributed by atoms with Gasteiger partial charge in [-0.3, -0.25) is 9.46 Å². The Labute approximate surface area is 105 Å². The normalized spacial score (nSPS) is 14.4. The highest BCUT2D eigenvalue weighted by Gasteiger charge is 2.32. The smallest absolute Gasteiger partial charge is 0.239 e. The lowest BCUT2D eigenvalue weighted by molar-refractivity contribution is -0.122. The standard InChI is InChI=1S/C13H21N2OP/c1-13(2,3)15(17-4)11(12(14)16)10-8-6-5-7-9-10/h5-9,11,17H,1-4H3,(H2,14,16)/t11-/m1/s1. The Morgan fingerprint density at radius 2 is 1.82 bits per heavy atom. The topological polar surface area (TPSA) is 46.3 Å². The van der Waals surface area contributed by atoms with Crippen LogP contribution in [0.1, 0.15) is 32.4 Å². The van der Waals surface area contributed by atoms with Crippen molar-refractivity contribution >= 4 is 14.6 Å². The van der Waals surface area contributed by atoms with Crippen LogP contribution in [0.15, 0.2) is 30.3 Å². The Bertz CT molecular complexity index is 373. The first-order valence-corrected chi connectivity index (χ1v) is 7.13. The zero-order chi connectivity index (χ0) is 13.1. The van der Waals surface area contributed by atoms with Crippen LogP contribution < -0.4 is 5.73 Å². The molecule has 1 aromatic carbocycles. The molecule has 0 aromatic heterocycles. The van der Waals surface area contributed by atoms with Gasteiger partial charge in [-0.05, 0) is 33.0 Å². The number of rotatable bonds is 4.